The van der Waals surface area contributed by atoms with Gasteiger partial charge in [-0.3, -0.25) is 0 Å². The van der Waals surface area contributed by atoms with Gasteiger partial charge in [0.15, 0.2) is 11.5 Å². The van der Waals surface area contributed by atoms with Crippen LogP contribution in [-0.4, -0.2) is 19.3 Å². The summed E-state index contributed by atoms with van der Waals surface area (Å²) in [7, 11) is 0. The lowest BCUT2D eigenvalue weighted by Crippen LogP contribution is -2.16. The van der Waals surface area contributed by atoms with Crippen molar-refractivity contribution in [3.8, 4) is 11.5 Å². The first-order chi connectivity index (χ1) is 10.0. The highest BCUT2D eigenvalue weighted by Crippen LogP contribution is 2.36. The second kappa shape index (κ2) is 8.88. The topological polar surface area (TPSA) is 44.5 Å². The van der Waals surface area contributed by atoms with E-state index in [0.29, 0.717) is 30.3 Å². The van der Waals surface area contributed by atoms with Gasteiger partial charge in [0.25, 0.3) is 0 Å². The molecule has 0 spiro atoms. The molecule has 120 valence electrons. The van der Waals surface area contributed by atoms with Gasteiger partial charge < -0.3 is 15.2 Å². The Morgan fingerprint density at radius 1 is 1.05 bits per heavy atom. The van der Waals surface area contributed by atoms with Crippen molar-refractivity contribution in [2.45, 2.75) is 58.9 Å². The van der Waals surface area contributed by atoms with E-state index in [0.717, 1.165) is 19.3 Å². The largest absolute Gasteiger partial charge is 0.490 e. The maximum atomic E-state index is 14.4. The summed E-state index contributed by atoms with van der Waals surface area (Å²) < 4.78 is 25.4. The Labute approximate surface area is 127 Å². The molecule has 0 radical (unpaired) electrons. The van der Waals surface area contributed by atoms with Gasteiger partial charge in [-0.15, -0.1) is 0 Å². The zero-order valence-electron chi connectivity index (χ0n) is 13.6. The van der Waals surface area contributed by atoms with Gasteiger partial charge in [-0.2, -0.15) is 0 Å². The minimum Gasteiger partial charge on any atom is -0.490 e. The van der Waals surface area contributed by atoms with Gasteiger partial charge in [0.1, 0.15) is 5.82 Å². The summed E-state index contributed by atoms with van der Waals surface area (Å²) in [5, 5.41) is 0. The number of ether oxygens (including phenoxy) is 2. The second-order valence-electron chi connectivity index (χ2n) is 5.35. The molecule has 0 aliphatic rings. The zero-order chi connectivity index (χ0) is 15.8. The number of rotatable bonds is 9. The van der Waals surface area contributed by atoms with E-state index in [1.165, 1.54) is 6.07 Å². The summed E-state index contributed by atoms with van der Waals surface area (Å²) in [5.41, 5.74) is 6.51. The fourth-order valence-electron chi connectivity index (χ4n) is 2.44. The van der Waals surface area contributed by atoms with Crippen molar-refractivity contribution >= 4 is 0 Å². The van der Waals surface area contributed by atoms with Crippen LogP contribution < -0.4 is 15.2 Å². The van der Waals surface area contributed by atoms with Crippen LogP contribution >= 0.6 is 0 Å². The predicted octanol–water partition coefficient (Wildman–Crippen LogP) is 4.24. The predicted molar refractivity (Wildman–Crippen MR) is 84.7 cm³/mol. The Kier molecular flexibility index (Phi) is 7.51. The molecular weight excluding hydrogens is 269 g/mol. The molecule has 2 unspecified atom stereocenters. The Bertz CT molecular complexity index is 435. The lowest BCUT2D eigenvalue weighted by molar-refractivity contribution is 0.285. The molecule has 0 amide bonds. The summed E-state index contributed by atoms with van der Waals surface area (Å²) in [6, 6.07) is 3.37. The van der Waals surface area contributed by atoms with Crippen LogP contribution in [0.15, 0.2) is 12.1 Å². The number of benzene rings is 1. The van der Waals surface area contributed by atoms with E-state index < -0.39 is 0 Å². The van der Waals surface area contributed by atoms with E-state index in [1.54, 1.807) is 6.07 Å². The van der Waals surface area contributed by atoms with Gasteiger partial charge in [0.05, 0.1) is 13.2 Å². The van der Waals surface area contributed by atoms with Crippen LogP contribution in [0.1, 0.15) is 58.4 Å². The van der Waals surface area contributed by atoms with Crippen LogP contribution in [0.2, 0.25) is 0 Å². The fourth-order valence-corrected chi connectivity index (χ4v) is 2.44. The van der Waals surface area contributed by atoms with E-state index in [-0.39, 0.29) is 17.8 Å². The van der Waals surface area contributed by atoms with Crippen molar-refractivity contribution in [3.05, 3.63) is 23.5 Å². The molecule has 0 heterocycles. The molecule has 0 bridgehead atoms. The first kappa shape index (κ1) is 17.8. The van der Waals surface area contributed by atoms with E-state index in [9.17, 15) is 4.39 Å². The molecule has 0 saturated heterocycles. The van der Waals surface area contributed by atoms with E-state index in [2.05, 4.69) is 6.92 Å². The molecule has 21 heavy (non-hydrogen) atoms. The molecule has 3 nitrogen and oxygen atoms in total. The monoisotopic (exact) mass is 297 g/mol. The van der Waals surface area contributed by atoms with Crippen LogP contribution in [0.5, 0.6) is 11.5 Å². The van der Waals surface area contributed by atoms with Crippen molar-refractivity contribution in [1.82, 2.24) is 0 Å². The lowest BCUT2D eigenvalue weighted by atomic mass is 9.90. The Morgan fingerprint density at radius 3 is 2.10 bits per heavy atom. The van der Waals surface area contributed by atoms with Crippen LogP contribution in [0.3, 0.4) is 0 Å². The summed E-state index contributed by atoms with van der Waals surface area (Å²) in [6.45, 7) is 8.85. The maximum Gasteiger partial charge on any atom is 0.164 e. The molecule has 1 rings (SSSR count). The third-order valence-corrected chi connectivity index (χ3v) is 3.57. The molecule has 0 aliphatic carbocycles. The van der Waals surface area contributed by atoms with Crippen molar-refractivity contribution in [1.29, 1.82) is 0 Å². The molecule has 0 fully saturated rings. The molecule has 2 N–H and O–H groups in total. The number of nitrogens with two attached hydrogens (primary N) is 1. The van der Waals surface area contributed by atoms with Crippen LogP contribution in [0.25, 0.3) is 0 Å². The van der Waals surface area contributed by atoms with Crippen molar-refractivity contribution in [3.63, 3.8) is 0 Å². The molecule has 2 atom stereocenters. The quantitative estimate of drug-likeness (QED) is 0.741. The fraction of sp³-hybridized carbons (Fsp3) is 0.647. The highest BCUT2D eigenvalue weighted by molar-refractivity contribution is 5.45. The van der Waals surface area contributed by atoms with Gasteiger partial charge >= 0.3 is 0 Å². The molecule has 1 aromatic rings. The van der Waals surface area contributed by atoms with Crippen LogP contribution in [0, 0.1) is 5.82 Å². The Morgan fingerprint density at radius 2 is 1.62 bits per heavy atom. The molecule has 0 aliphatic heterocycles. The van der Waals surface area contributed by atoms with E-state index >= 15 is 0 Å². The Balaban J connectivity index is 3.06. The molecule has 0 aromatic heterocycles. The van der Waals surface area contributed by atoms with Gasteiger partial charge in [-0.05, 0) is 57.6 Å². The highest BCUT2D eigenvalue weighted by Gasteiger charge is 2.19. The van der Waals surface area contributed by atoms with Crippen LogP contribution in [-0.2, 0) is 0 Å². The van der Waals surface area contributed by atoms with Crippen molar-refractivity contribution < 1.29 is 13.9 Å². The summed E-state index contributed by atoms with van der Waals surface area (Å²) in [5.74, 6) is 1.03. The average Bonchev–Trinajstić information content (AvgIpc) is 2.43. The first-order valence-electron chi connectivity index (χ1n) is 7.87. The standard InChI is InChI=1S/C17H28FNO2/c1-5-13(9-8-12(4)19)14-10-16(20-6-2)17(21-7-3)11-15(14)18/h10-13H,5-9,19H2,1-4H3. The van der Waals surface area contributed by atoms with E-state index in [4.69, 9.17) is 15.2 Å². The molecular formula is C17H28FNO2. The summed E-state index contributed by atoms with van der Waals surface area (Å²) >= 11 is 0. The third-order valence-electron chi connectivity index (χ3n) is 3.57. The second-order valence-corrected chi connectivity index (χ2v) is 5.35. The highest BCUT2D eigenvalue weighted by atomic mass is 19.1. The van der Waals surface area contributed by atoms with Crippen LogP contribution in [0.4, 0.5) is 4.39 Å². The van der Waals surface area contributed by atoms with Gasteiger partial charge in [-0.25, -0.2) is 4.39 Å². The smallest absolute Gasteiger partial charge is 0.164 e. The first-order valence-corrected chi connectivity index (χ1v) is 7.87. The SMILES string of the molecule is CCOc1cc(F)c(C(CC)CCC(C)N)cc1OCC. The van der Waals surface area contributed by atoms with Crippen molar-refractivity contribution in [2.24, 2.45) is 5.73 Å². The van der Waals surface area contributed by atoms with Crippen molar-refractivity contribution in [2.75, 3.05) is 13.2 Å². The average molecular weight is 297 g/mol. The van der Waals surface area contributed by atoms with E-state index in [1.807, 2.05) is 20.8 Å². The molecule has 1 aromatic carbocycles. The number of halogens is 1. The van der Waals surface area contributed by atoms with Gasteiger partial charge in [-0.1, -0.05) is 6.92 Å². The lowest BCUT2D eigenvalue weighted by Gasteiger charge is -2.20. The zero-order valence-corrected chi connectivity index (χ0v) is 13.6. The maximum absolute atomic E-state index is 14.4. The molecule has 4 heteroatoms. The summed E-state index contributed by atoms with van der Waals surface area (Å²) in [4.78, 5) is 0. The Hall–Kier alpha value is -1.29. The number of hydrogen-bond acceptors (Lipinski definition) is 3. The molecule has 0 saturated carbocycles. The minimum absolute atomic E-state index is 0.135. The van der Waals surface area contributed by atoms with Gasteiger partial charge in [0.2, 0.25) is 0 Å². The minimum atomic E-state index is -0.224. The normalized spacial score (nSPS) is 13.8. The summed E-state index contributed by atoms with van der Waals surface area (Å²) in [6.07, 6.45) is 2.64. The number of hydrogen-bond donors (Lipinski definition) is 1. The third kappa shape index (κ3) is 5.20. The van der Waals surface area contributed by atoms with Gasteiger partial charge in [0, 0.05) is 12.1 Å².